The van der Waals surface area contributed by atoms with Gasteiger partial charge in [-0.3, -0.25) is 0 Å². The molecular weight excluding hydrogens is 156 g/mol. The summed E-state index contributed by atoms with van der Waals surface area (Å²) in [6.07, 6.45) is 3.37. The van der Waals surface area contributed by atoms with Crippen molar-refractivity contribution in [3.63, 3.8) is 0 Å². The molecule has 0 atom stereocenters. The van der Waals surface area contributed by atoms with E-state index in [0.717, 1.165) is 5.56 Å². The van der Waals surface area contributed by atoms with Crippen LogP contribution in [0.2, 0.25) is 0 Å². The molecule has 0 aliphatic heterocycles. The van der Waals surface area contributed by atoms with Gasteiger partial charge < -0.3 is 0 Å². The molecule has 0 amide bonds. The van der Waals surface area contributed by atoms with Gasteiger partial charge in [0.15, 0.2) is 0 Å². The average molecular weight is 166 g/mol. The van der Waals surface area contributed by atoms with Gasteiger partial charge in [-0.15, -0.1) is 0 Å². The molecule has 0 saturated carbocycles. The highest BCUT2D eigenvalue weighted by Gasteiger charge is 1.86. The van der Waals surface area contributed by atoms with E-state index in [-0.39, 0.29) is 0 Å². The third-order valence-corrected chi connectivity index (χ3v) is 1.03. The molecule has 1 aromatic rings. The van der Waals surface area contributed by atoms with Crippen LogP contribution in [-0.2, 0) is 0 Å². The Morgan fingerprint density at radius 3 is 2.45 bits per heavy atom. The lowest BCUT2D eigenvalue weighted by Gasteiger charge is -1.87. The molecule has 2 nitrogen and oxygen atoms in total. The number of hydrogen-bond acceptors (Lipinski definition) is 3. The highest BCUT2D eigenvalue weighted by atomic mass is 32.1. The van der Waals surface area contributed by atoms with E-state index < -0.39 is 0 Å². The van der Waals surface area contributed by atoms with Gasteiger partial charge >= 0.3 is 0 Å². The van der Waals surface area contributed by atoms with Crippen LogP contribution in [0.1, 0.15) is 11.3 Å². The minimum atomic E-state index is 0.473. The molecular formula is C8H10N2S. The Balaban J connectivity index is 0.000000461. The Hall–Kier alpha value is -1.01. The van der Waals surface area contributed by atoms with Crippen molar-refractivity contribution >= 4 is 12.6 Å². The molecule has 58 valence electrons. The van der Waals surface area contributed by atoms with Gasteiger partial charge in [0.05, 0.1) is 0 Å². The van der Waals surface area contributed by atoms with E-state index in [1.54, 1.807) is 18.5 Å². The SMILES string of the molecule is CS.Cc1ccc(C#N)nc1. The van der Waals surface area contributed by atoms with Crippen LogP contribution >= 0.6 is 12.6 Å². The molecule has 1 rings (SSSR count). The maximum absolute atomic E-state index is 8.32. The van der Waals surface area contributed by atoms with Gasteiger partial charge in [-0.25, -0.2) is 4.98 Å². The van der Waals surface area contributed by atoms with Gasteiger partial charge in [-0.05, 0) is 24.8 Å². The second kappa shape index (κ2) is 5.75. The molecule has 0 fully saturated rings. The largest absolute Gasteiger partial charge is 0.245 e. The standard InChI is InChI=1S/C7H6N2.CH4S/c1-6-2-3-7(4-8)9-5-6;1-2/h2-3,5H,1H3;2H,1H3. The fourth-order valence-electron chi connectivity index (χ4n) is 0.534. The number of aromatic nitrogens is 1. The molecule has 0 saturated heterocycles. The third-order valence-electron chi connectivity index (χ3n) is 1.03. The number of thiol groups is 1. The van der Waals surface area contributed by atoms with E-state index in [0.29, 0.717) is 5.69 Å². The predicted octanol–water partition coefficient (Wildman–Crippen LogP) is 1.81. The molecule has 0 aliphatic carbocycles. The van der Waals surface area contributed by atoms with Crippen LogP contribution in [0.5, 0.6) is 0 Å². The first-order valence-electron chi connectivity index (χ1n) is 3.10. The van der Waals surface area contributed by atoms with E-state index in [1.807, 2.05) is 19.1 Å². The summed E-state index contributed by atoms with van der Waals surface area (Å²) >= 11 is 3.53. The van der Waals surface area contributed by atoms with Crippen molar-refractivity contribution in [3.05, 3.63) is 29.6 Å². The zero-order valence-electron chi connectivity index (χ0n) is 6.57. The molecule has 1 aromatic heterocycles. The lowest BCUT2D eigenvalue weighted by atomic mass is 10.3. The molecule has 0 bridgehead atoms. The van der Waals surface area contributed by atoms with Crippen molar-refractivity contribution in [2.75, 3.05) is 6.26 Å². The summed E-state index contributed by atoms with van der Waals surface area (Å²) in [6, 6.07) is 5.51. The van der Waals surface area contributed by atoms with Crippen molar-refractivity contribution in [1.82, 2.24) is 4.98 Å². The first-order chi connectivity index (χ1) is 5.33. The molecule has 0 radical (unpaired) electrons. The van der Waals surface area contributed by atoms with Crippen molar-refractivity contribution in [1.29, 1.82) is 5.26 Å². The Morgan fingerprint density at radius 1 is 1.45 bits per heavy atom. The summed E-state index contributed by atoms with van der Waals surface area (Å²) in [5.41, 5.74) is 1.55. The summed E-state index contributed by atoms with van der Waals surface area (Å²) in [7, 11) is 0. The van der Waals surface area contributed by atoms with Gasteiger partial charge in [-0.2, -0.15) is 17.9 Å². The van der Waals surface area contributed by atoms with Crippen LogP contribution in [0.15, 0.2) is 18.3 Å². The molecule has 1 heterocycles. The second-order valence-electron chi connectivity index (χ2n) is 1.83. The first kappa shape index (κ1) is 9.99. The summed E-state index contributed by atoms with van der Waals surface area (Å²) in [4.78, 5) is 3.84. The maximum Gasteiger partial charge on any atom is 0.140 e. The number of pyridine rings is 1. The lowest BCUT2D eigenvalue weighted by Crippen LogP contribution is -1.80. The fraction of sp³-hybridized carbons (Fsp3) is 0.250. The molecule has 3 heteroatoms. The third kappa shape index (κ3) is 3.64. The number of hydrogen-bond donors (Lipinski definition) is 1. The summed E-state index contributed by atoms with van der Waals surface area (Å²) in [6.45, 7) is 1.94. The maximum atomic E-state index is 8.32. The normalized spacial score (nSPS) is 7.45. The van der Waals surface area contributed by atoms with E-state index in [4.69, 9.17) is 5.26 Å². The molecule has 0 aliphatic rings. The average Bonchev–Trinajstić information content (AvgIpc) is 2.10. The zero-order valence-corrected chi connectivity index (χ0v) is 7.47. The predicted molar refractivity (Wildman–Crippen MR) is 48.6 cm³/mol. The van der Waals surface area contributed by atoms with Gasteiger partial charge in [0, 0.05) is 6.20 Å². The number of nitriles is 1. The number of rotatable bonds is 0. The molecule has 11 heavy (non-hydrogen) atoms. The van der Waals surface area contributed by atoms with Crippen LogP contribution < -0.4 is 0 Å². The quantitative estimate of drug-likeness (QED) is 0.597. The Morgan fingerprint density at radius 2 is 2.09 bits per heavy atom. The van der Waals surface area contributed by atoms with Gasteiger partial charge in [0.25, 0.3) is 0 Å². The molecule has 0 N–H and O–H groups in total. The van der Waals surface area contributed by atoms with E-state index in [1.165, 1.54) is 0 Å². The lowest BCUT2D eigenvalue weighted by molar-refractivity contribution is 1.22. The summed E-state index contributed by atoms with van der Waals surface area (Å²) in [5.74, 6) is 0. The zero-order chi connectivity index (χ0) is 8.69. The Bertz CT molecular complexity index is 235. The van der Waals surface area contributed by atoms with Crippen LogP contribution in [0.4, 0.5) is 0 Å². The fourth-order valence-corrected chi connectivity index (χ4v) is 0.534. The van der Waals surface area contributed by atoms with Gasteiger partial charge in [-0.1, -0.05) is 6.07 Å². The van der Waals surface area contributed by atoms with Crippen LogP contribution in [-0.4, -0.2) is 11.2 Å². The van der Waals surface area contributed by atoms with Crippen molar-refractivity contribution < 1.29 is 0 Å². The van der Waals surface area contributed by atoms with Crippen LogP contribution in [0.3, 0.4) is 0 Å². The Labute approximate surface area is 72.3 Å². The Kier molecular flexibility index (Phi) is 5.22. The monoisotopic (exact) mass is 166 g/mol. The van der Waals surface area contributed by atoms with E-state index >= 15 is 0 Å². The highest BCUT2D eigenvalue weighted by Crippen LogP contribution is 1.95. The number of aryl methyl sites for hydroxylation is 1. The van der Waals surface area contributed by atoms with Gasteiger partial charge in [0.1, 0.15) is 11.8 Å². The van der Waals surface area contributed by atoms with Crippen LogP contribution in [0.25, 0.3) is 0 Å². The molecule has 0 aromatic carbocycles. The molecule has 0 unspecified atom stereocenters. The summed E-state index contributed by atoms with van der Waals surface area (Å²) < 4.78 is 0. The van der Waals surface area contributed by atoms with E-state index in [9.17, 15) is 0 Å². The minimum absolute atomic E-state index is 0.473. The minimum Gasteiger partial charge on any atom is -0.245 e. The molecule has 0 spiro atoms. The van der Waals surface area contributed by atoms with E-state index in [2.05, 4.69) is 17.6 Å². The summed E-state index contributed by atoms with van der Waals surface area (Å²) in [5, 5.41) is 8.32. The highest BCUT2D eigenvalue weighted by molar-refractivity contribution is 7.79. The van der Waals surface area contributed by atoms with Crippen LogP contribution in [0, 0.1) is 18.3 Å². The number of nitrogens with zero attached hydrogens (tertiary/aromatic N) is 2. The van der Waals surface area contributed by atoms with Crippen molar-refractivity contribution in [2.45, 2.75) is 6.92 Å². The van der Waals surface area contributed by atoms with Crippen molar-refractivity contribution in [2.24, 2.45) is 0 Å². The van der Waals surface area contributed by atoms with Gasteiger partial charge in [0.2, 0.25) is 0 Å². The smallest absolute Gasteiger partial charge is 0.140 e. The second-order valence-corrected chi connectivity index (χ2v) is 1.83. The van der Waals surface area contributed by atoms with Crippen molar-refractivity contribution in [3.8, 4) is 6.07 Å². The first-order valence-corrected chi connectivity index (χ1v) is 4.00. The topological polar surface area (TPSA) is 36.7 Å².